The molecule has 0 bridgehead atoms. The summed E-state index contributed by atoms with van der Waals surface area (Å²) < 4.78 is 32.5. The van der Waals surface area contributed by atoms with E-state index in [0.717, 1.165) is 24.8 Å². The summed E-state index contributed by atoms with van der Waals surface area (Å²) in [5.41, 5.74) is 6.47. The van der Waals surface area contributed by atoms with Gasteiger partial charge >= 0.3 is 0 Å². The maximum Gasteiger partial charge on any atom is 0.240 e. The van der Waals surface area contributed by atoms with Crippen molar-refractivity contribution in [3.8, 4) is 5.75 Å². The van der Waals surface area contributed by atoms with Gasteiger partial charge in [-0.25, -0.2) is 13.1 Å². The van der Waals surface area contributed by atoms with Crippen LogP contribution in [0.2, 0.25) is 0 Å². The fraction of sp³-hybridized carbons (Fsp3) is 0.571. The number of rotatable bonds is 6. The third kappa shape index (κ3) is 3.31. The Bertz CT molecular complexity index is 580. The molecule has 0 radical (unpaired) electrons. The summed E-state index contributed by atoms with van der Waals surface area (Å²) in [5.74, 6) is 0.709. The Labute approximate surface area is 120 Å². The van der Waals surface area contributed by atoms with Crippen molar-refractivity contribution in [3.63, 3.8) is 0 Å². The van der Waals surface area contributed by atoms with Crippen molar-refractivity contribution in [2.45, 2.75) is 43.5 Å². The summed E-state index contributed by atoms with van der Waals surface area (Å²) in [5, 5.41) is 0. The van der Waals surface area contributed by atoms with Crippen molar-refractivity contribution in [2.75, 3.05) is 13.2 Å². The molecule has 6 heteroatoms. The lowest BCUT2D eigenvalue weighted by Crippen LogP contribution is -2.54. The fourth-order valence-corrected chi connectivity index (χ4v) is 3.46. The van der Waals surface area contributed by atoms with Crippen molar-refractivity contribution in [1.29, 1.82) is 0 Å². The first-order valence-electron chi connectivity index (χ1n) is 6.88. The average molecular weight is 298 g/mol. The molecule has 0 aromatic heterocycles. The number of sulfonamides is 1. The van der Waals surface area contributed by atoms with E-state index in [-0.39, 0.29) is 10.4 Å². The van der Waals surface area contributed by atoms with E-state index in [1.54, 1.807) is 18.2 Å². The number of nitrogens with one attached hydrogen (secondary N) is 1. The number of hydrogen-bond acceptors (Lipinski definition) is 4. The van der Waals surface area contributed by atoms with Crippen LogP contribution in [-0.4, -0.2) is 27.1 Å². The second-order valence-corrected chi connectivity index (χ2v) is 7.17. The Hall–Kier alpha value is -1.11. The molecule has 2 rings (SSSR count). The van der Waals surface area contributed by atoms with Gasteiger partial charge < -0.3 is 10.5 Å². The van der Waals surface area contributed by atoms with E-state index in [4.69, 9.17) is 10.5 Å². The molecule has 0 heterocycles. The number of benzene rings is 1. The first-order chi connectivity index (χ1) is 9.36. The van der Waals surface area contributed by atoms with Crippen LogP contribution in [0.3, 0.4) is 0 Å². The number of ether oxygens (including phenoxy) is 1. The van der Waals surface area contributed by atoms with Gasteiger partial charge in [-0.1, -0.05) is 0 Å². The van der Waals surface area contributed by atoms with E-state index >= 15 is 0 Å². The lowest BCUT2D eigenvalue weighted by Gasteiger charge is -2.38. The Balaban J connectivity index is 2.10. The fourth-order valence-electron chi connectivity index (χ4n) is 2.24. The summed E-state index contributed by atoms with van der Waals surface area (Å²) in [6, 6.07) is 4.87. The van der Waals surface area contributed by atoms with E-state index in [2.05, 4.69) is 4.72 Å². The second-order valence-electron chi connectivity index (χ2n) is 5.40. The highest BCUT2D eigenvalue weighted by Crippen LogP contribution is 2.29. The molecule has 3 N–H and O–H groups in total. The van der Waals surface area contributed by atoms with Crippen LogP contribution in [0.5, 0.6) is 5.75 Å². The van der Waals surface area contributed by atoms with Gasteiger partial charge in [0.15, 0.2) is 0 Å². The monoisotopic (exact) mass is 298 g/mol. The molecule has 1 saturated carbocycles. The minimum Gasteiger partial charge on any atom is -0.494 e. The topological polar surface area (TPSA) is 81.4 Å². The normalized spacial score (nSPS) is 17.6. The highest BCUT2D eigenvalue weighted by atomic mass is 32.2. The third-order valence-corrected chi connectivity index (χ3v) is 5.12. The third-order valence-electron chi connectivity index (χ3n) is 3.72. The highest BCUT2D eigenvalue weighted by molar-refractivity contribution is 7.89. The predicted molar refractivity (Wildman–Crippen MR) is 78.3 cm³/mol. The molecular formula is C14H22N2O3S. The van der Waals surface area contributed by atoms with Crippen LogP contribution in [-0.2, 0) is 10.0 Å². The summed E-state index contributed by atoms with van der Waals surface area (Å²) >= 11 is 0. The number of hydrogen-bond donors (Lipinski definition) is 2. The Morgan fingerprint density at radius 2 is 2.10 bits per heavy atom. The predicted octanol–water partition coefficient (Wildman–Crippen LogP) is 1.55. The molecular weight excluding hydrogens is 276 g/mol. The zero-order valence-electron chi connectivity index (χ0n) is 12.0. The summed E-state index contributed by atoms with van der Waals surface area (Å²) in [6.45, 7) is 4.58. The molecule has 0 unspecified atom stereocenters. The number of aryl methyl sites for hydroxylation is 1. The van der Waals surface area contributed by atoms with E-state index in [1.807, 2.05) is 13.8 Å². The summed E-state index contributed by atoms with van der Waals surface area (Å²) in [7, 11) is -3.51. The molecule has 1 fully saturated rings. The molecule has 0 aliphatic heterocycles. The molecule has 0 atom stereocenters. The molecule has 1 aromatic carbocycles. The van der Waals surface area contributed by atoms with Crippen molar-refractivity contribution in [2.24, 2.45) is 5.73 Å². The van der Waals surface area contributed by atoms with Gasteiger partial charge in [0.1, 0.15) is 5.75 Å². The Morgan fingerprint density at radius 3 is 2.60 bits per heavy atom. The minimum atomic E-state index is -3.51. The molecule has 1 aliphatic rings. The van der Waals surface area contributed by atoms with Crippen LogP contribution < -0.4 is 15.2 Å². The maximum absolute atomic E-state index is 12.2. The summed E-state index contributed by atoms with van der Waals surface area (Å²) in [4.78, 5) is 0.251. The Kier molecular flexibility index (Phi) is 4.36. The molecule has 0 spiro atoms. The Morgan fingerprint density at radius 1 is 1.40 bits per heavy atom. The SMILES string of the molecule is CCOc1ccc(S(=O)(=O)NCC2(N)CCC2)cc1C. The molecule has 1 aromatic rings. The summed E-state index contributed by atoms with van der Waals surface area (Å²) in [6.07, 6.45) is 2.82. The minimum absolute atomic E-state index is 0.251. The van der Waals surface area contributed by atoms with E-state index in [0.29, 0.717) is 18.9 Å². The van der Waals surface area contributed by atoms with Gasteiger partial charge in [0, 0.05) is 12.1 Å². The van der Waals surface area contributed by atoms with Gasteiger partial charge in [0.05, 0.1) is 11.5 Å². The largest absolute Gasteiger partial charge is 0.494 e. The molecule has 1 aliphatic carbocycles. The van der Waals surface area contributed by atoms with Crippen LogP contribution in [0, 0.1) is 6.92 Å². The van der Waals surface area contributed by atoms with Gasteiger partial charge in [0.2, 0.25) is 10.0 Å². The highest BCUT2D eigenvalue weighted by Gasteiger charge is 2.33. The molecule has 20 heavy (non-hydrogen) atoms. The van der Waals surface area contributed by atoms with Gasteiger partial charge in [0.25, 0.3) is 0 Å². The van der Waals surface area contributed by atoms with E-state index in [1.165, 1.54) is 0 Å². The van der Waals surface area contributed by atoms with Crippen LogP contribution in [0.25, 0.3) is 0 Å². The average Bonchev–Trinajstić information content (AvgIpc) is 2.37. The first kappa shape index (κ1) is 15.3. The van der Waals surface area contributed by atoms with Crippen molar-refractivity contribution < 1.29 is 13.2 Å². The quantitative estimate of drug-likeness (QED) is 0.835. The van der Waals surface area contributed by atoms with Gasteiger partial charge in [-0.15, -0.1) is 0 Å². The zero-order chi connectivity index (χ0) is 14.8. The van der Waals surface area contributed by atoms with Crippen LogP contribution in [0.15, 0.2) is 23.1 Å². The van der Waals surface area contributed by atoms with Gasteiger partial charge in [-0.3, -0.25) is 0 Å². The smallest absolute Gasteiger partial charge is 0.240 e. The van der Waals surface area contributed by atoms with E-state index in [9.17, 15) is 8.42 Å². The standard InChI is InChI=1S/C14H22N2O3S/c1-3-19-13-6-5-12(9-11(13)2)20(17,18)16-10-14(15)7-4-8-14/h5-6,9,16H,3-4,7-8,10,15H2,1-2H3. The van der Waals surface area contributed by atoms with Crippen LogP contribution in [0.4, 0.5) is 0 Å². The van der Waals surface area contributed by atoms with Crippen molar-refractivity contribution in [3.05, 3.63) is 23.8 Å². The van der Waals surface area contributed by atoms with Crippen LogP contribution in [0.1, 0.15) is 31.7 Å². The van der Waals surface area contributed by atoms with E-state index < -0.39 is 10.0 Å². The van der Waals surface area contributed by atoms with Crippen molar-refractivity contribution >= 4 is 10.0 Å². The number of nitrogens with two attached hydrogens (primary N) is 1. The molecule has 112 valence electrons. The van der Waals surface area contributed by atoms with Gasteiger partial charge in [-0.05, 0) is 56.9 Å². The molecule has 0 amide bonds. The molecule has 5 nitrogen and oxygen atoms in total. The first-order valence-corrected chi connectivity index (χ1v) is 8.37. The van der Waals surface area contributed by atoms with Gasteiger partial charge in [-0.2, -0.15) is 0 Å². The van der Waals surface area contributed by atoms with Crippen molar-refractivity contribution in [1.82, 2.24) is 4.72 Å². The van der Waals surface area contributed by atoms with Crippen LogP contribution >= 0.6 is 0 Å². The zero-order valence-corrected chi connectivity index (χ0v) is 12.8. The maximum atomic E-state index is 12.2. The second kappa shape index (κ2) is 5.71. The molecule has 0 saturated heterocycles. The lowest BCUT2D eigenvalue weighted by molar-refractivity contribution is 0.251. The lowest BCUT2D eigenvalue weighted by atomic mass is 9.78.